The van der Waals surface area contributed by atoms with Gasteiger partial charge in [-0.3, -0.25) is 14.4 Å². The summed E-state index contributed by atoms with van der Waals surface area (Å²) >= 11 is 0. The molecule has 9 atom stereocenters. The lowest BCUT2D eigenvalue weighted by Crippen LogP contribution is -2.50. The lowest BCUT2D eigenvalue weighted by Gasteiger charge is -2.58. The van der Waals surface area contributed by atoms with E-state index in [1.54, 1.807) is 6.92 Å². The number of amides is 1. The van der Waals surface area contributed by atoms with Crippen LogP contribution in [0.2, 0.25) is 0 Å². The van der Waals surface area contributed by atoms with E-state index in [4.69, 9.17) is 14.6 Å². The summed E-state index contributed by atoms with van der Waals surface area (Å²) in [5.74, 6) is 2.83. The van der Waals surface area contributed by atoms with Crippen molar-refractivity contribution in [3.05, 3.63) is 23.0 Å². The summed E-state index contributed by atoms with van der Waals surface area (Å²) in [6, 6.07) is 0. The number of nitrogens with one attached hydrogen (secondary N) is 1. The average molecular weight is 556 g/mol. The SMILES string of the molecule is CC(=O)NC[C@H](C)CCC1=C(C)[C@@H]2[C@H](C[C@@H]3[C@@H]4CC=C5C[C@@H](OC(=O)CCC(=O)O)CC[C@]5(C)[C@H]4CC[C@@]32C)O1. The number of hydrogen-bond acceptors (Lipinski definition) is 5. The van der Waals surface area contributed by atoms with Crippen LogP contribution in [0.4, 0.5) is 0 Å². The van der Waals surface area contributed by atoms with E-state index in [-0.39, 0.29) is 41.7 Å². The van der Waals surface area contributed by atoms with Crippen LogP contribution in [0.25, 0.3) is 0 Å². The first kappa shape index (κ1) is 29.2. The standard InChI is InChI=1S/C33H49NO6/c1-19(18-34-21(3)35)6-9-27-20(2)31-28(40-27)17-26-24-8-7-22-16-23(39-30(38)11-10-29(36)37)12-14-32(22,4)25(24)13-15-33(26,31)5/h7,19,23-26,28,31H,6,8-18H2,1-5H3,(H,34,35)(H,36,37)/t19-,23+,24-,25+,26-,28+,31-,32+,33+/m1/s1. The monoisotopic (exact) mass is 555 g/mol. The molecule has 0 spiro atoms. The number of carboxylic acid groups (broad SMARTS) is 1. The Balaban J connectivity index is 1.24. The maximum absolute atomic E-state index is 12.2. The van der Waals surface area contributed by atoms with Crippen LogP contribution in [0.1, 0.15) is 105 Å². The molecule has 0 bridgehead atoms. The van der Waals surface area contributed by atoms with Gasteiger partial charge in [-0.05, 0) is 91.9 Å². The number of aliphatic carboxylic acids is 1. The van der Waals surface area contributed by atoms with Gasteiger partial charge in [-0.2, -0.15) is 0 Å². The van der Waals surface area contributed by atoms with Crippen LogP contribution in [0.3, 0.4) is 0 Å². The Hall–Kier alpha value is -2.31. The van der Waals surface area contributed by atoms with Gasteiger partial charge < -0.3 is 19.9 Å². The Morgan fingerprint density at radius 3 is 2.67 bits per heavy atom. The molecule has 0 radical (unpaired) electrons. The van der Waals surface area contributed by atoms with E-state index in [9.17, 15) is 14.4 Å². The number of esters is 1. The second-order valence-electron chi connectivity index (χ2n) is 14.1. The first-order valence-corrected chi connectivity index (χ1v) is 15.6. The quantitative estimate of drug-likeness (QED) is 0.260. The summed E-state index contributed by atoms with van der Waals surface area (Å²) in [4.78, 5) is 34.3. The van der Waals surface area contributed by atoms with Crippen LogP contribution < -0.4 is 5.32 Å². The normalized spacial score (nSPS) is 38.7. The number of hydrogen-bond donors (Lipinski definition) is 2. The van der Waals surface area contributed by atoms with Crippen LogP contribution in [-0.2, 0) is 23.9 Å². The van der Waals surface area contributed by atoms with E-state index in [0.717, 1.165) is 51.5 Å². The third-order valence-corrected chi connectivity index (χ3v) is 11.7. The Morgan fingerprint density at radius 2 is 1.95 bits per heavy atom. The molecular formula is C33H49NO6. The molecule has 3 saturated carbocycles. The number of ether oxygens (including phenoxy) is 2. The van der Waals surface area contributed by atoms with Gasteiger partial charge in [0.2, 0.25) is 5.91 Å². The van der Waals surface area contributed by atoms with Crippen LogP contribution in [0.15, 0.2) is 23.0 Å². The van der Waals surface area contributed by atoms with Crippen LogP contribution in [0, 0.1) is 40.4 Å². The van der Waals surface area contributed by atoms with Crippen molar-refractivity contribution in [1.82, 2.24) is 5.32 Å². The van der Waals surface area contributed by atoms with Gasteiger partial charge in [-0.25, -0.2) is 0 Å². The van der Waals surface area contributed by atoms with Crippen LogP contribution in [0.5, 0.6) is 0 Å². The van der Waals surface area contributed by atoms with Gasteiger partial charge in [0.1, 0.15) is 12.2 Å². The summed E-state index contributed by atoms with van der Waals surface area (Å²) in [6.45, 7) is 11.8. The minimum atomic E-state index is -0.963. The molecule has 1 aliphatic heterocycles. The maximum atomic E-state index is 12.2. The van der Waals surface area contributed by atoms with Crippen molar-refractivity contribution in [2.24, 2.45) is 40.4 Å². The molecule has 1 heterocycles. The first-order valence-electron chi connectivity index (χ1n) is 15.6. The molecular weight excluding hydrogens is 506 g/mol. The number of allylic oxidation sites excluding steroid dienone is 2. The maximum Gasteiger partial charge on any atom is 0.306 e. The van der Waals surface area contributed by atoms with E-state index in [2.05, 4.69) is 39.1 Å². The Morgan fingerprint density at radius 1 is 1.18 bits per heavy atom. The summed E-state index contributed by atoms with van der Waals surface area (Å²) < 4.78 is 12.4. The smallest absolute Gasteiger partial charge is 0.306 e. The van der Waals surface area contributed by atoms with Gasteiger partial charge in [-0.1, -0.05) is 32.4 Å². The minimum absolute atomic E-state index is 0.0338. The lowest BCUT2D eigenvalue weighted by molar-refractivity contribution is -0.154. The number of rotatable bonds is 9. The Bertz CT molecular complexity index is 1090. The fourth-order valence-electron chi connectivity index (χ4n) is 9.56. The highest BCUT2D eigenvalue weighted by molar-refractivity contribution is 5.76. The number of carbonyl (C=O) groups excluding carboxylic acids is 2. The molecule has 1 amide bonds. The molecule has 0 unspecified atom stereocenters. The van der Waals surface area contributed by atoms with Gasteiger partial charge in [0.25, 0.3) is 0 Å². The second-order valence-corrected chi connectivity index (χ2v) is 14.1. The van der Waals surface area contributed by atoms with E-state index < -0.39 is 5.97 Å². The Kier molecular flexibility index (Phi) is 8.15. The third-order valence-electron chi connectivity index (χ3n) is 11.7. The molecule has 40 heavy (non-hydrogen) atoms. The van der Waals surface area contributed by atoms with Crippen LogP contribution >= 0.6 is 0 Å². The molecule has 7 heteroatoms. The van der Waals surface area contributed by atoms with E-state index >= 15 is 0 Å². The summed E-state index contributed by atoms with van der Waals surface area (Å²) in [5.41, 5.74) is 3.37. The molecule has 5 rings (SSSR count). The second kappa shape index (κ2) is 11.2. The largest absolute Gasteiger partial charge is 0.494 e. The molecule has 0 saturated heterocycles. The van der Waals surface area contributed by atoms with Crippen molar-refractivity contribution in [3.63, 3.8) is 0 Å². The molecule has 4 aliphatic carbocycles. The van der Waals surface area contributed by atoms with Crippen molar-refractivity contribution in [2.75, 3.05) is 6.54 Å². The lowest BCUT2D eigenvalue weighted by atomic mass is 9.47. The Labute approximate surface area is 239 Å². The summed E-state index contributed by atoms with van der Waals surface area (Å²) in [7, 11) is 0. The molecule has 2 N–H and O–H groups in total. The number of carbonyl (C=O) groups is 3. The van der Waals surface area contributed by atoms with Gasteiger partial charge >= 0.3 is 11.9 Å². The molecule has 0 aromatic carbocycles. The molecule has 222 valence electrons. The van der Waals surface area contributed by atoms with E-state index in [1.165, 1.54) is 29.7 Å². The van der Waals surface area contributed by atoms with Gasteiger partial charge in [0.05, 0.1) is 18.6 Å². The predicted octanol–water partition coefficient (Wildman–Crippen LogP) is 6.18. The predicted molar refractivity (Wildman–Crippen MR) is 152 cm³/mol. The molecule has 7 nitrogen and oxygen atoms in total. The van der Waals surface area contributed by atoms with Crippen LogP contribution in [-0.4, -0.2) is 41.7 Å². The van der Waals surface area contributed by atoms with Crippen molar-refractivity contribution < 1.29 is 29.0 Å². The zero-order valence-electron chi connectivity index (χ0n) is 25.1. The summed E-state index contributed by atoms with van der Waals surface area (Å²) in [6.07, 6.45) is 11.8. The molecule has 3 fully saturated rings. The van der Waals surface area contributed by atoms with Crippen molar-refractivity contribution in [3.8, 4) is 0 Å². The van der Waals surface area contributed by atoms with Crippen molar-refractivity contribution in [1.29, 1.82) is 0 Å². The minimum Gasteiger partial charge on any atom is -0.494 e. The fourth-order valence-corrected chi connectivity index (χ4v) is 9.56. The molecule has 0 aromatic rings. The number of fused-ring (bicyclic) bond motifs is 7. The topological polar surface area (TPSA) is 102 Å². The fraction of sp³-hybridized carbons (Fsp3) is 0.788. The zero-order valence-corrected chi connectivity index (χ0v) is 25.1. The van der Waals surface area contributed by atoms with Gasteiger partial charge in [0.15, 0.2) is 0 Å². The number of carboxylic acids is 1. The highest BCUT2D eigenvalue weighted by Gasteiger charge is 2.63. The first-order chi connectivity index (χ1) is 18.9. The van der Waals surface area contributed by atoms with E-state index in [0.29, 0.717) is 35.7 Å². The highest BCUT2D eigenvalue weighted by atomic mass is 16.5. The van der Waals surface area contributed by atoms with Crippen molar-refractivity contribution in [2.45, 2.75) is 117 Å². The van der Waals surface area contributed by atoms with Gasteiger partial charge in [0, 0.05) is 32.2 Å². The van der Waals surface area contributed by atoms with E-state index in [1.807, 2.05) is 0 Å². The van der Waals surface area contributed by atoms with Gasteiger partial charge in [-0.15, -0.1) is 0 Å². The molecule has 5 aliphatic rings. The molecule has 0 aromatic heterocycles. The summed E-state index contributed by atoms with van der Waals surface area (Å²) in [5, 5.41) is 11.8. The third kappa shape index (κ3) is 5.34. The average Bonchev–Trinajstić information content (AvgIpc) is 3.38. The highest BCUT2D eigenvalue weighted by Crippen LogP contribution is 2.69. The van der Waals surface area contributed by atoms with Crippen molar-refractivity contribution >= 4 is 17.8 Å². The zero-order chi connectivity index (χ0) is 28.8.